The van der Waals surface area contributed by atoms with Gasteiger partial charge >= 0.3 is 0 Å². The minimum atomic E-state index is -0.579. The summed E-state index contributed by atoms with van der Waals surface area (Å²) in [5.41, 5.74) is 3.32. The molecule has 0 saturated heterocycles. The Kier molecular flexibility index (Phi) is 11.4. The molecule has 3 amide bonds. The summed E-state index contributed by atoms with van der Waals surface area (Å²) in [5.74, 6) is 0.303. The van der Waals surface area contributed by atoms with Crippen molar-refractivity contribution in [2.75, 3.05) is 24.4 Å². The molecule has 51 heavy (non-hydrogen) atoms. The number of thiazole rings is 1. The molecule has 1 atom stereocenters. The molecule has 0 spiro atoms. The fourth-order valence-corrected chi connectivity index (χ4v) is 6.97. The average Bonchev–Trinajstić information content (AvgIpc) is 3.57. The second-order valence-corrected chi connectivity index (χ2v) is 13.3. The Morgan fingerprint density at radius 1 is 0.824 bits per heavy atom. The molecule has 5 aromatic carbocycles. The third-order valence-electron chi connectivity index (χ3n) is 7.56. The molecule has 6 rings (SSSR count). The van der Waals surface area contributed by atoms with E-state index in [1.807, 2.05) is 85.8 Å². The SMILES string of the molecule is CCOc1ccc(/C=C(\NC(=O)c2ccccc2)C(=O)Nc2ccc(SC(C(=O)Nc3nc4ccc(OC)cc4s3)c3ccccc3)cc2)cc1. The molecule has 3 N–H and O–H groups in total. The van der Waals surface area contributed by atoms with E-state index in [9.17, 15) is 14.4 Å². The second kappa shape index (κ2) is 16.7. The fourth-order valence-electron chi connectivity index (χ4n) is 5.04. The Morgan fingerprint density at radius 3 is 2.20 bits per heavy atom. The van der Waals surface area contributed by atoms with Gasteiger partial charge in [-0.05, 0) is 90.9 Å². The number of benzene rings is 5. The number of carbonyl (C=O) groups excluding carboxylic acids is 3. The number of anilines is 2. The van der Waals surface area contributed by atoms with Crippen molar-refractivity contribution in [3.8, 4) is 11.5 Å². The van der Waals surface area contributed by atoms with Crippen LogP contribution in [0.25, 0.3) is 16.3 Å². The van der Waals surface area contributed by atoms with E-state index in [4.69, 9.17) is 9.47 Å². The lowest BCUT2D eigenvalue weighted by Gasteiger charge is -2.17. The van der Waals surface area contributed by atoms with Gasteiger partial charge in [0.15, 0.2) is 5.13 Å². The molecular weight excluding hydrogens is 681 g/mol. The normalized spacial score (nSPS) is 11.8. The highest BCUT2D eigenvalue weighted by Gasteiger charge is 2.24. The minimum absolute atomic E-state index is 0.0700. The molecule has 1 unspecified atom stereocenters. The number of ether oxygens (including phenoxy) is 2. The van der Waals surface area contributed by atoms with Gasteiger partial charge in [0.2, 0.25) is 5.91 Å². The molecule has 256 valence electrons. The van der Waals surface area contributed by atoms with Gasteiger partial charge in [-0.15, -0.1) is 11.8 Å². The smallest absolute Gasteiger partial charge is 0.272 e. The Morgan fingerprint density at radius 2 is 1.51 bits per heavy atom. The summed E-state index contributed by atoms with van der Waals surface area (Å²) in [6.07, 6.45) is 1.61. The van der Waals surface area contributed by atoms with Crippen LogP contribution < -0.4 is 25.4 Å². The van der Waals surface area contributed by atoms with Gasteiger partial charge in [-0.25, -0.2) is 4.98 Å². The summed E-state index contributed by atoms with van der Waals surface area (Å²) < 4.78 is 11.8. The summed E-state index contributed by atoms with van der Waals surface area (Å²) >= 11 is 2.76. The quantitative estimate of drug-likeness (QED) is 0.0810. The van der Waals surface area contributed by atoms with Crippen LogP contribution in [0.2, 0.25) is 0 Å². The number of amides is 3. The molecule has 0 fully saturated rings. The average molecular weight is 715 g/mol. The highest BCUT2D eigenvalue weighted by molar-refractivity contribution is 8.00. The Hall–Kier alpha value is -5.91. The zero-order valence-electron chi connectivity index (χ0n) is 27.8. The number of methoxy groups -OCH3 is 1. The Bertz CT molecular complexity index is 2150. The van der Waals surface area contributed by atoms with Crippen LogP contribution in [-0.2, 0) is 9.59 Å². The third kappa shape index (κ3) is 9.21. The predicted octanol–water partition coefficient (Wildman–Crippen LogP) is 8.59. The molecule has 1 aromatic heterocycles. The van der Waals surface area contributed by atoms with Crippen molar-refractivity contribution in [1.82, 2.24) is 10.3 Å². The van der Waals surface area contributed by atoms with Crippen LogP contribution in [0.4, 0.5) is 10.8 Å². The first-order chi connectivity index (χ1) is 24.9. The number of aromatic nitrogens is 1. The number of hydrogen-bond acceptors (Lipinski definition) is 8. The lowest BCUT2D eigenvalue weighted by molar-refractivity contribution is -0.116. The topological polar surface area (TPSA) is 119 Å². The maximum Gasteiger partial charge on any atom is 0.272 e. The van der Waals surface area contributed by atoms with E-state index in [-0.39, 0.29) is 11.6 Å². The number of hydrogen-bond donors (Lipinski definition) is 3. The van der Waals surface area contributed by atoms with Crippen LogP contribution in [0.1, 0.15) is 33.7 Å². The number of rotatable bonds is 13. The van der Waals surface area contributed by atoms with Crippen molar-refractivity contribution < 1.29 is 23.9 Å². The predicted molar refractivity (Wildman–Crippen MR) is 204 cm³/mol. The summed E-state index contributed by atoms with van der Waals surface area (Å²) in [4.78, 5) is 45.7. The van der Waals surface area contributed by atoms with Crippen molar-refractivity contribution in [2.45, 2.75) is 17.1 Å². The van der Waals surface area contributed by atoms with Crippen LogP contribution in [0.5, 0.6) is 11.5 Å². The van der Waals surface area contributed by atoms with Crippen molar-refractivity contribution in [3.63, 3.8) is 0 Å². The fraction of sp³-hybridized carbons (Fsp3) is 0.100. The third-order valence-corrected chi connectivity index (χ3v) is 9.76. The van der Waals surface area contributed by atoms with E-state index in [1.54, 1.807) is 61.7 Å². The van der Waals surface area contributed by atoms with E-state index in [0.29, 0.717) is 34.3 Å². The maximum atomic E-state index is 13.7. The van der Waals surface area contributed by atoms with Gasteiger partial charge in [-0.3, -0.25) is 14.4 Å². The lowest BCUT2D eigenvalue weighted by Crippen LogP contribution is -2.30. The minimum Gasteiger partial charge on any atom is -0.497 e. The second-order valence-electron chi connectivity index (χ2n) is 11.1. The van der Waals surface area contributed by atoms with E-state index < -0.39 is 17.1 Å². The number of thioether (sulfide) groups is 1. The zero-order valence-corrected chi connectivity index (χ0v) is 29.4. The molecule has 0 bridgehead atoms. The van der Waals surface area contributed by atoms with Gasteiger partial charge in [0.25, 0.3) is 11.8 Å². The molecular formula is C40H34N4O5S2. The van der Waals surface area contributed by atoms with E-state index in [2.05, 4.69) is 20.9 Å². The van der Waals surface area contributed by atoms with Crippen molar-refractivity contribution in [2.24, 2.45) is 0 Å². The number of nitrogens with zero attached hydrogens (tertiary/aromatic N) is 1. The molecule has 0 aliphatic heterocycles. The van der Waals surface area contributed by atoms with Gasteiger partial charge in [-0.2, -0.15) is 0 Å². The first kappa shape index (κ1) is 34.9. The monoisotopic (exact) mass is 714 g/mol. The highest BCUT2D eigenvalue weighted by atomic mass is 32.2. The molecule has 9 nitrogen and oxygen atoms in total. The van der Waals surface area contributed by atoms with Crippen LogP contribution in [0, 0.1) is 0 Å². The van der Waals surface area contributed by atoms with Gasteiger partial charge < -0.3 is 25.4 Å². The maximum absolute atomic E-state index is 13.7. The molecule has 0 aliphatic rings. The van der Waals surface area contributed by atoms with E-state index in [0.717, 1.165) is 26.4 Å². The van der Waals surface area contributed by atoms with Crippen LogP contribution in [-0.4, -0.2) is 36.4 Å². The van der Waals surface area contributed by atoms with E-state index >= 15 is 0 Å². The number of fused-ring (bicyclic) bond motifs is 1. The summed E-state index contributed by atoms with van der Waals surface area (Å²) in [7, 11) is 1.61. The molecule has 0 saturated carbocycles. The van der Waals surface area contributed by atoms with Crippen LogP contribution >= 0.6 is 23.1 Å². The van der Waals surface area contributed by atoms with Gasteiger partial charge in [0, 0.05) is 16.1 Å². The molecule has 1 heterocycles. The number of nitrogens with one attached hydrogen (secondary N) is 3. The molecule has 11 heteroatoms. The van der Waals surface area contributed by atoms with Crippen LogP contribution in [0.15, 0.2) is 138 Å². The Labute approximate surface area is 303 Å². The molecule has 0 aliphatic carbocycles. The highest BCUT2D eigenvalue weighted by Crippen LogP contribution is 2.38. The van der Waals surface area contributed by atoms with Gasteiger partial charge in [0.1, 0.15) is 22.4 Å². The largest absolute Gasteiger partial charge is 0.497 e. The molecule has 6 aromatic rings. The lowest BCUT2D eigenvalue weighted by atomic mass is 10.1. The Balaban J connectivity index is 1.18. The van der Waals surface area contributed by atoms with Gasteiger partial charge in [-0.1, -0.05) is 72.0 Å². The summed E-state index contributed by atoms with van der Waals surface area (Å²) in [6.45, 7) is 2.44. The zero-order chi connectivity index (χ0) is 35.6. The van der Waals surface area contributed by atoms with Crippen molar-refractivity contribution in [3.05, 3.63) is 150 Å². The van der Waals surface area contributed by atoms with Gasteiger partial charge in [0.05, 0.1) is 23.9 Å². The number of carbonyl (C=O) groups is 3. The molecule has 0 radical (unpaired) electrons. The van der Waals surface area contributed by atoms with Crippen molar-refractivity contribution >= 4 is 67.9 Å². The van der Waals surface area contributed by atoms with E-state index in [1.165, 1.54) is 23.1 Å². The summed E-state index contributed by atoms with van der Waals surface area (Å²) in [6, 6.07) is 38.2. The first-order valence-corrected chi connectivity index (χ1v) is 17.8. The standard InChI is InChI=1S/C40H34N4O5S2/c1-3-49-30-18-14-26(15-19-30)24-34(42-37(45)28-12-8-5-9-13-28)38(46)41-29-16-21-32(22-17-29)50-36(27-10-6-4-7-11-27)39(47)44-40-43-33-23-20-31(48-2)25-35(33)51-40/h4-25,36H,3H2,1-2H3,(H,41,46)(H,42,45)(H,43,44,47)/b34-24-. The summed E-state index contributed by atoms with van der Waals surface area (Å²) in [5, 5.41) is 8.57. The van der Waals surface area contributed by atoms with Crippen molar-refractivity contribution in [1.29, 1.82) is 0 Å². The van der Waals surface area contributed by atoms with Crippen LogP contribution in [0.3, 0.4) is 0 Å². The first-order valence-electron chi connectivity index (χ1n) is 16.1.